The third-order valence-electron chi connectivity index (χ3n) is 3.46. The number of ether oxygens (including phenoxy) is 1. The maximum Gasteiger partial charge on any atom is 0.228 e. The Labute approximate surface area is 151 Å². The normalized spacial score (nSPS) is 11.9. The van der Waals surface area contributed by atoms with E-state index in [0.29, 0.717) is 31.2 Å². The Morgan fingerprint density at radius 1 is 1.32 bits per heavy atom. The van der Waals surface area contributed by atoms with E-state index >= 15 is 0 Å². The molecule has 0 spiro atoms. The third-order valence-corrected chi connectivity index (χ3v) is 4.53. The molecule has 0 aliphatic heterocycles. The summed E-state index contributed by atoms with van der Waals surface area (Å²) >= 11 is 1.16. The van der Waals surface area contributed by atoms with Crippen molar-refractivity contribution < 1.29 is 14.3 Å². The van der Waals surface area contributed by atoms with Crippen LogP contribution in [0.2, 0.25) is 0 Å². The number of aromatic nitrogens is 2. The molecule has 0 fully saturated rings. The van der Waals surface area contributed by atoms with Crippen LogP contribution >= 0.6 is 11.8 Å². The van der Waals surface area contributed by atoms with Crippen molar-refractivity contribution in [3.63, 3.8) is 0 Å². The molecule has 1 aromatic carbocycles. The highest BCUT2D eigenvalue weighted by Gasteiger charge is 2.14. The molecule has 0 saturated carbocycles. The fourth-order valence-electron chi connectivity index (χ4n) is 2.06. The minimum absolute atomic E-state index is 0.0166. The van der Waals surface area contributed by atoms with Gasteiger partial charge in [0.15, 0.2) is 5.12 Å². The van der Waals surface area contributed by atoms with Crippen LogP contribution in [-0.2, 0) is 27.5 Å². The predicted octanol–water partition coefficient (Wildman–Crippen LogP) is 2.95. The van der Waals surface area contributed by atoms with E-state index in [1.165, 1.54) is 6.92 Å². The number of rotatable bonds is 9. The zero-order valence-corrected chi connectivity index (χ0v) is 15.3. The van der Waals surface area contributed by atoms with Gasteiger partial charge in [-0.25, -0.2) is 0 Å². The maximum absolute atomic E-state index is 12.1. The molecule has 0 saturated heterocycles. The molecule has 0 aliphatic rings. The lowest BCUT2D eigenvalue weighted by atomic mass is 10.2. The quantitative estimate of drug-likeness (QED) is 0.695. The molecule has 1 N–H and O–H groups in total. The summed E-state index contributed by atoms with van der Waals surface area (Å²) in [5.74, 6) is 0.114. The van der Waals surface area contributed by atoms with Crippen molar-refractivity contribution in [2.24, 2.45) is 5.92 Å². The van der Waals surface area contributed by atoms with Crippen LogP contribution in [0, 0.1) is 5.92 Å². The molecule has 2 aromatic rings. The van der Waals surface area contributed by atoms with Crippen molar-refractivity contribution in [1.29, 1.82) is 0 Å². The van der Waals surface area contributed by atoms with E-state index < -0.39 is 0 Å². The number of amides is 1. The van der Waals surface area contributed by atoms with Crippen LogP contribution < -0.4 is 5.32 Å². The van der Waals surface area contributed by atoms with E-state index in [9.17, 15) is 9.59 Å². The first-order chi connectivity index (χ1) is 12.0. The lowest BCUT2D eigenvalue weighted by Crippen LogP contribution is -2.22. The largest absolute Gasteiger partial charge is 0.375 e. The van der Waals surface area contributed by atoms with Crippen LogP contribution in [0.3, 0.4) is 0 Å². The molecular weight excluding hydrogens is 338 g/mol. The van der Waals surface area contributed by atoms with Gasteiger partial charge < -0.3 is 10.1 Å². The van der Waals surface area contributed by atoms with Gasteiger partial charge in [-0.15, -0.1) is 0 Å². The molecule has 1 unspecified atom stereocenters. The Morgan fingerprint density at radius 2 is 2.08 bits per heavy atom. The Bertz CT molecular complexity index is 688. The fourth-order valence-corrected chi connectivity index (χ4v) is 2.69. The molecule has 7 heteroatoms. The number of nitrogens with zero attached hydrogens (tertiary/aromatic N) is 2. The average molecular weight is 361 g/mol. The molecule has 6 nitrogen and oxygen atoms in total. The van der Waals surface area contributed by atoms with Crippen LogP contribution in [0.15, 0.2) is 42.7 Å². The van der Waals surface area contributed by atoms with Crippen molar-refractivity contribution in [2.75, 3.05) is 17.7 Å². The molecule has 1 aromatic heterocycles. The van der Waals surface area contributed by atoms with Crippen molar-refractivity contribution >= 4 is 28.5 Å². The highest BCUT2D eigenvalue weighted by atomic mass is 32.2. The summed E-state index contributed by atoms with van der Waals surface area (Å²) in [7, 11) is 0. The minimum Gasteiger partial charge on any atom is -0.375 e. The zero-order valence-electron chi connectivity index (χ0n) is 14.5. The Hall–Kier alpha value is -2.12. The highest BCUT2D eigenvalue weighted by molar-refractivity contribution is 8.13. The van der Waals surface area contributed by atoms with Crippen LogP contribution in [0.25, 0.3) is 0 Å². The van der Waals surface area contributed by atoms with Gasteiger partial charge in [0.25, 0.3) is 0 Å². The van der Waals surface area contributed by atoms with Crippen molar-refractivity contribution in [1.82, 2.24) is 9.78 Å². The number of carbonyl (C=O) groups is 2. The van der Waals surface area contributed by atoms with Crippen molar-refractivity contribution in [3.8, 4) is 0 Å². The van der Waals surface area contributed by atoms with Gasteiger partial charge in [0.1, 0.15) is 0 Å². The van der Waals surface area contributed by atoms with E-state index in [0.717, 1.165) is 17.3 Å². The van der Waals surface area contributed by atoms with Gasteiger partial charge in [0, 0.05) is 24.8 Å². The highest BCUT2D eigenvalue weighted by Crippen LogP contribution is 2.12. The first-order valence-corrected chi connectivity index (χ1v) is 9.11. The molecule has 25 heavy (non-hydrogen) atoms. The number of nitrogens with one attached hydrogen (secondary N) is 1. The van der Waals surface area contributed by atoms with E-state index in [-0.39, 0.29) is 16.9 Å². The summed E-state index contributed by atoms with van der Waals surface area (Å²) in [6.07, 6.45) is 3.38. The zero-order chi connectivity index (χ0) is 18.1. The Kier molecular flexibility index (Phi) is 7.69. The molecule has 1 amide bonds. The number of hydrogen-bond donors (Lipinski definition) is 1. The fraction of sp³-hybridized carbons (Fsp3) is 0.389. The van der Waals surface area contributed by atoms with Gasteiger partial charge in [0.2, 0.25) is 5.91 Å². The van der Waals surface area contributed by atoms with Gasteiger partial charge in [-0.3, -0.25) is 14.3 Å². The van der Waals surface area contributed by atoms with Gasteiger partial charge in [-0.1, -0.05) is 49.0 Å². The number of carbonyl (C=O) groups excluding carboxylic acids is 2. The van der Waals surface area contributed by atoms with Crippen LogP contribution in [-0.4, -0.2) is 33.2 Å². The standard InChI is InChI=1S/C18H23N3O3S/c1-14(13-25-15(2)22)18(23)20-17-10-19-21(11-17)8-9-24-12-16-6-4-3-5-7-16/h3-7,10-11,14H,8-9,12-13H2,1-2H3,(H,20,23). The first kappa shape index (κ1) is 19.2. The predicted molar refractivity (Wildman–Crippen MR) is 99.3 cm³/mol. The number of hydrogen-bond acceptors (Lipinski definition) is 5. The Morgan fingerprint density at radius 3 is 2.80 bits per heavy atom. The monoisotopic (exact) mass is 361 g/mol. The van der Waals surface area contributed by atoms with Crippen LogP contribution in [0.4, 0.5) is 5.69 Å². The molecule has 0 aliphatic carbocycles. The summed E-state index contributed by atoms with van der Waals surface area (Å²) in [5.41, 5.74) is 1.78. The average Bonchev–Trinajstić information content (AvgIpc) is 3.04. The third kappa shape index (κ3) is 7.11. The maximum atomic E-state index is 12.1. The first-order valence-electron chi connectivity index (χ1n) is 8.13. The summed E-state index contributed by atoms with van der Waals surface area (Å²) in [5, 5.41) is 7.04. The van der Waals surface area contributed by atoms with E-state index in [4.69, 9.17) is 4.74 Å². The molecular formula is C18H23N3O3S. The lowest BCUT2D eigenvalue weighted by molar-refractivity contribution is -0.118. The van der Waals surface area contributed by atoms with E-state index in [1.807, 2.05) is 30.3 Å². The molecule has 2 rings (SSSR count). The molecule has 1 atom stereocenters. The van der Waals surface area contributed by atoms with Crippen LogP contribution in [0.1, 0.15) is 19.4 Å². The van der Waals surface area contributed by atoms with E-state index in [2.05, 4.69) is 10.4 Å². The molecule has 0 radical (unpaired) electrons. The van der Waals surface area contributed by atoms with Crippen molar-refractivity contribution in [3.05, 3.63) is 48.3 Å². The van der Waals surface area contributed by atoms with Crippen molar-refractivity contribution in [2.45, 2.75) is 27.0 Å². The Balaban J connectivity index is 1.70. The number of thioether (sulfide) groups is 1. The van der Waals surface area contributed by atoms with Crippen LogP contribution in [0.5, 0.6) is 0 Å². The molecule has 134 valence electrons. The minimum atomic E-state index is -0.244. The second-order valence-electron chi connectivity index (χ2n) is 5.72. The summed E-state index contributed by atoms with van der Waals surface area (Å²) in [6.45, 7) is 5.01. The number of anilines is 1. The van der Waals surface area contributed by atoms with Gasteiger partial charge >= 0.3 is 0 Å². The summed E-state index contributed by atoms with van der Waals surface area (Å²) < 4.78 is 7.36. The topological polar surface area (TPSA) is 73.2 Å². The smallest absolute Gasteiger partial charge is 0.228 e. The second-order valence-corrected chi connectivity index (χ2v) is 6.92. The SMILES string of the molecule is CC(=O)SCC(C)C(=O)Nc1cnn(CCOCc2ccccc2)c1. The van der Waals surface area contributed by atoms with Gasteiger partial charge in [0.05, 0.1) is 31.6 Å². The van der Waals surface area contributed by atoms with Gasteiger partial charge in [-0.2, -0.15) is 5.10 Å². The van der Waals surface area contributed by atoms with Gasteiger partial charge in [-0.05, 0) is 5.56 Å². The molecule has 1 heterocycles. The molecule has 0 bridgehead atoms. The lowest BCUT2D eigenvalue weighted by Gasteiger charge is -2.09. The summed E-state index contributed by atoms with van der Waals surface area (Å²) in [4.78, 5) is 23.0. The number of benzene rings is 1. The summed E-state index contributed by atoms with van der Waals surface area (Å²) in [6, 6.07) is 9.98. The second kappa shape index (κ2) is 10.0. The van der Waals surface area contributed by atoms with E-state index in [1.54, 1.807) is 24.0 Å².